The second kappa shape index (κ2) is 6.77. The molecule has 0 amide bonds. The number of unbranched alkanes of at least 4 members (excludes halogenated alkanes) is 1. The number of hydrogen-bond acceptors (Lipinski definition) is 2. The van der Waals surface area contributed by atoms with E-state index >= 15 is 0 Å². The first kappa shape index (κ1) is 14.2. The maximum absolute atomic E-state index is 5.79. The molecule has 0 aromatic heterocycles. The Kier molecular flexibility index (Phi) is 4.56. The molecule has 1 aliphatic heterocycles. The van der Waals surface area contributed by atoms with Gasteiger partial charge in [-0.25, -0.2) is 0 Å². The topological polar surface area (TPSA) is 21.3 Å². The lowest BCUT2D eigenvalue weighted by Gasteiger charge is -2.23. The molecule has 0 bridgehead atoms. The van der Waals surface area contributed by atoms with E-state index < -0.39 is 0 Å². The van der Waals surface area contributed by atoms with E-state index in [0.717, 1.165) is 12.4 Å². The van der Waals surface area contributed by atoms with E-state index in [9.17, 15) is 0 Å². The molecule has 3 rings (SSSR count). The molecule has 2 aromatic carbocycles. The lowest BCUT2D eigenvalue weighted by atomic mass is 9.99. The minimum Gasteiger partial charge on any atom is -0.491 e. The highest BCUT2D eigenvalue weighted by Gasteiger charge is 2.26. The van der Waals surface area contributed by atoms with E-state index in [2.05, 4.69) is 60.8 Å². The van der Waals surface area contributed by atoms with Gasteiger partial charge in [0.15, 0.2) is 0 Å². The van der Waals surface area contributed by atoms with Crippen LogP contribution in [-0.4, -0.2) is 6.61 Å². The van der Waals surface area contributed by atoms with Gasteiger partial charge in [0.2, 0.25) is 0 Å². The number of nitrogens with one attached hydrogen (secondary N) is 1. The third-order valence-corrected chi connectivity index (χ3v) is 4.15. The summed E-state index contributed by atoms with van der Waals surface area (Å²) in [7, 11) is 0. The summed E-state index contributed by atoms with van der Waals surface area (Å²) in [5.41, 5.74) is 2.66. The average Bonchev–Trinajstić information content (AvgIpc) is 2.95. The van der Waals surface area contributed by atoms with Crippen LogP contribution in [-0.2, 0) is 0 Å². The first-order chi connectivity index (χ1) is 10.4. The molecule has 2 unspecified atom stereocenters. The maximum atomic E-state index is 5.79. The molecule has 0 saturated heterocycles. The normalized spacial score (nSPS) is 18.0. The fourth-order valence-corrected chi connectivity index (χ4v) is 2.98. The lowest BCUT2D eigenvalue weighted by Crippen LogP contribution is -2.27. The zero-order valence-corrected chi connectivity index (χ0v) is 12.6. The van der Waals surface area contributed by atoms with Crippen molar-refractivity contribution >= 4 is 0 Å². The summed E-state index contributed by atoms with van der Waals surface area (Å²) in [4.78, 5) is 0. The summed E-state index contributed by atoms with van der Waals surface area (Å²) in [6, 6.07) is 19.8. The van der Waals surface area contributed by atoms with Crippen molar-refractivity contribution in [2.24, 2.45) is 0 Å². The molecule has 2 heteroatoms. The van der Waals surface area contributed by atoms with Gasteiger partial charge in [0.25, 0.3) is 0 Å². The Morgan fingerprint density at radius 1 is 1.10 bits per heavy atom. The summed E-state index contributed by atoms with van der Waals surface area (Å²) in [5, 5.41) is 3.80. The van der Waals surface area contributed by atoms with Crippen LogP contribution in [0.5, 0.6) is 5.75 Å². The minimum atomic E-state index is 0.295. The molecule has 110 valence electrons. The van der Waals surface area contributed by atoms with Crippen LogP contribution < -0.4 is 10.1 Å². The van der Waals surface area contributed by atoms with Crippen molar-refractivity contribution in [3.63, 3.8) is 0 Å². The molecule has 2 nitrogen and oxygen atoms in total. The molecule has 1 N–H and O–H groups in total. The van der Waals surface area contributed by atoms with Crippen molar-refractivity contribution < 1.29 is 4.74 Å². The average molecular weight is 281 g/mol. The van der Waals surface area contributed by atoms with Crippen LogP contribution in [0.1, 0.15) is 49.4 Å². The summed E-state index contributed by atoms with van der Waals surface area (Å²) in [6.45, 7) is 2.98. The molecule has 2 atom stereocenters. The summed E-state index contributed by atoms with van der Waals surface area (Å²) < 4.78 is 5.79. The third-order valence-electron chi connectivity index (χ3n) is 4.15. The number of para-hydroxylation sites is 1. The largest absolute Gasteiger partial charge is 0.491 e. The Morgan fingerprint density at radius 3 is 2.67 bits per heavy atom. The van der Waals surface area contributed by atoms with Crippen molar-refractivity contribution in [3.8, 4) is 5.75 Å². The number of rotatable bonds is 6. The molecule has 2 aromatic rings. The number of ether oxygens (including phenoxy) is 1. The Hall–Kier alpha value is -1.80. The second-order valence-electron chi connectivity index (χ2n) is 5.67. The Bertz CT molecular complexity index is 567. The van der Waals surface area contributed by atoms with E-state index in [-0.39, 0.29) is 0 Å². The minimum absolute atomic E-state index is 0.295. The van der Waals surface area contributed by atoms with Crippen LogP contribution >= 0.6 is 0 Å². The van der Waals surface area contributed by atoms with Crippen molar-refractivity contribution in [2.45, 2.75) is 38.3 Å². The highest BCUT2D eigenvalue weighted by molar-refractivity contribution is 5.39. The Balaban J connectivity index is 1.76. The maximum Gasteiger partial charge on any atom is 0.124 e. The predicted molar refractivity (Wildman–Crippen MR) is 86.5 cm³/mol. The molecule has 0 fully saturated rings. The summed E-state index contributed by atoms with van der Waals surface area (Å²) in [5.74, 6) is 1.03. The summed E-state index contributed by atoms with van der Waals surface area (Å²) >= 11 is 0. The van der Waals surface area contributed by atoms with Crippen LogP contribution in [0.2, 0.25) is 0 Å². The van der Waals surface area contributed by atoms with E-state index in [1.165, 1.54) is 30.4 Å². The van der Waals surface area contributed by atoms with Gasteiger partial charge in [0.1, 0.15) is 12.4 Å². The van der Waals surface area contributed by atoms with Gasteiger partial charge in [-0.1, -0.05) is 68.3 Å². The standard InChI is InChI=1S/C19H23NO/c1-2-3-12-17(15-9-5-4-6-10-15)20-18-14-21-19-13-8-7-11-16(18)19/h4-11,13,17-18,20H,2-3,12,14H2,1H3. The van der Waals surface area contributed by atoms with Gasteiger partial charge in [0, 0.05) is 11.6 Å². The zero-order valence-electron chi connectivity index (χ0n) is 12.6. The summed E-state index contributed by atoms with van der Waals surface area (Å²) in [6.07, 6.45) is 3.63. The fourth-order valence-electron chi connectivity index (χ4n) is 2.98. The molecular weight excluding hydrogens is 258 g/mol. The molecule has 0 radical (unpaired) electrons. The van der Waals surface area contributed by atoms with Crippen LogP contribution in [0.25, 0.3) is 0 Å². The van der Waals surface area contributed by atoms with E-state index in [4.69, 9.17) is 4.74 Å². The van der Waals surface area contributed by atoms with E-state index in [1.54, 1.807) is 0 Å². The lowest BCUT2D eigenvalue weighted by molar-refractivity contribution is 0.293. The molecule has 1 aliphatic rings. The van der Waals surface area contributed by atoms with Crippen molar-refractivity contribution in [1.29, 1.82) is 0 Å². The SMILES string of the molecule is CCCCC(NC1COc2ccccc21)c1ccccc1. The third kappa shape index (κ3) is 3.27. The molecule has 1 heterocycles. The van der Waals surface area contributed by atoms with Crippen molar-refractivity contribution in [2.75, 3.05) is 6.61 Å². The smallest absolute Gasteiger partial charge is 0.124 e. The molecule has 21 heavy (non-hydrogen) atoms. The number of hydrogen-bond donors (Lipinski definition) is 1. The first-order valence-corrected chi connectivity index (χ1v) is 7.91. The van der Waals surface area contributed by atoms with E-state index in [1.807, 2.05) is 6.07 Å². The molecule has 0 spiro atoms. The van der Waals surface area contributed by atoms with Gasteiger partial charge >= 0.3 is 0 Å². The van der Waals surface area contributed by atoms with Crippen LogP contribution in [0.4, 0.5) is 0 Å². The second-order valence-corrected chi connectivity index (χ2v) is 5.67. The highest BCUT2D eigenvalue weighted by atomic mass is 16.5. The monoisotopic (exact) mass is 281 g/mol. The van der Waals surface area contributed by atoms with Crippen molar-refractivity contribution in [3.05, 3.63) is 65.7 Å². The Morgan fingerprint density at radius 2 is 1.86 bits per heavy atom. The van der Waals surface area contributed by atoms with Gasteiger partial charge in [0.05, 0.1) is 6.04 Å². The van der Waals surface area contributed by atoms with Crippen LogP contribution in [0.15, 0.2) is 54.6 Å². The molecular formula is C19H23NO. The van der Waals surface area contributed by atoms with Crippen molar-refractivity contribution in [1.82, 2.24) is 5.32 Å². The van der Waals surface area contributed by atoms with Gasteiger partial charge < -0.3 is 10.1 Å². The quantitative estimate of drug-likeness (QED) is 0.832. The van der Waals surface area contributed by atoms with Gasteiger partial charge in [-0.15, -0.1) is 0 Å². The number of benzene rings is 2. The highest BCUT2D eigenvalue weighted by Crippen LogP contribution is 2.34. The van der Waals surface area contributed by atoms with E-state index in [0.29, 0.717) is 12.1 Å². The predicted octanol–water partition coefficient (Wildman–Crippen LogP) is 4.64. The fraction of sp³-hybridized carbons (Fsp3) is 0.368. The van der Waals surface area contributed by atoms with Gasteiger partial charge in [-0.05, 0) is 18.1 Å². The molecule has 0 saturated carbocycles. The van der Waals surface area contributed by atoms with Crippen LogP contribution in [0.3, 0.4) is 0 Å². The molecule has 0 aliphatic carbocycles. The van der Waals surface area contributed by atoms with Gasteiger partial charge in [-0.3, -0.25) is 0 Å². The Labute approximate surface area is 127 Å². The first-order valence-electron chi connectivity index (χ1n) is 7.91. The van der Waals surface area contributed by atoms with Crippen LogP contribution in [0, 0.1) is 0 Å². The number of fused-ring (bicyclic) bond motifs is 1. The van der Waals surface area contributed by atoms with Gasteiger partial charge in [-0.2, -0.15) is 0 Å². The zero-order chi connectivity index (χ0) is 14.5.